The predicted octanol–water partition coefficient (Wildman–Crippen LogP) is 4.57. The molecule has 0 saturated heterocycles. The van der Waals surface area contributed by atoms with Gasteiger partial charge in [0.1, 0.15) is 4.99 Å². The van der Waals surface area contributed by atoms with Gasteiger partial charge in [-0.3, -0.25) is 0 Å². The third kappa shape index (κ3) is 3.55. The summed E-state index contributed by atoms with van der Waals surface area (Å²) in [5, 5.41) is 3.96. The smallest absolute Gasteiger partial charge is 0.106 e. The van der Waals surface area contributed by atoms with Gasteiger partial charge in [-0.1, -0.05) is 70.1 Å². The Labute approximate surface area is 125 Å². The van der Waals surface area contributed by atoms with E-state index >= 15 is 0 Å². The molecular formula is C14H11BrClNS. The largest absolute Gasteiger partial charge is 0.372 e. The Hall–Kier alpha value is -0.900. The molecule has 0 heterocycles. The summed E-state index contributed by atoms with van der Waals surface area (Å²) in [5.41, 5.74) is 2.04. The van der Waals surface area contributed by atoms with Gasteiger partial charge in [-0.05, 0) is 23.8 Å². The highest BCUT2D eigenvalue weighted by atomic mass is 79.9. The predicted molar refractivity (Wildman–Crippen MR) is 84.1 cm³/mol. The van der Waals surface area contributed by atoms with Gasteiger partial charge in [-0.2, -0.15) is 0 Å². The Balaban J connectivity index is 2.01. The molecule has 0 amide bonds. The first kappa shape index (κ1) is 13.5. The lowest BCUT2D eigenvalue weighted by atomic mass is 10.2. The van der Waals surface area contributed by atoms with Crippen molar-refractivity contribution in [3.8, 4) is 0 Å². The van der Waals surface area contributed by atoms with Crippen LogP contribution in [0.4, 0.5) is 0 Å². The molecule has 0 aromatic heterocycles. The Bertz CT molecular complexity index is 554. The maximum Gasteiger partial charge on any atom is 0.106 e. The first-order valence-corrected chi connectivity index (χ1v) is 7.02. The summed E-state index contributed by atoms with van der Waals surface area (Å²) >= 11 is 14.8. The van der Waals surface area contributed by atoms with Crippen LogP contribution in [0.1, 0.15) is 11.1 Å². The normalized spacial score (nSPS) is 10.1. The number of hydrogen-bond acceptors (Lipinski definition) is 1. The molecule has 1 nitrogen and oxygen atoms in total. The van der Waals surface area contributed by atoms with Crippen molar-refractivity contribution in [1.82, 2.24) is 5.32 Å². The lowest BCUT2D eigenvalue weighted by Gasteiger charge is -2.09. The van der Waals surface area contributed by atoms with Crippen molar-refractivity contribution in [2.24, 2.45) is 0 Å². The van der Waals surface area contributed by atoms with E-state index in [0.29, 0.717) is 6.54 Å². The fraction of sp³-hybridized carbons (Fsp3) is 0.0714. The number of halogens is 2. The van der Waals surface area contributed by atoms with Gasteiger partial charge in [-0.15, -0.1) is 0 Å². The third-order valence-corrected chi connectivity index (χ3v) is 3.78. The molecule has 0 bridgehead atoms. The molecule has 0 fully saturated rings. The van der Waals surface area contributed by atoms with Crippen molar-refractivity contribution in [3.05, 3.63) is 69.2 Å². The van der Waals surface area contributed by atoms with Crippen LogP contribution in [0.2, 0.25) is 5.02 Å². The van der Waals surface area contributed by atoms with Crippen molar-refractivity contribution < 1.29 is 0 Å². The van der Waals surface area contributed by atoms with Crippen LogP contribution >= 0.6 is 39.7 Å². The first-order chi connectivity index (χ1) is 8.66. The summed E-state index contributed by atoms with van der Waals surface area (Å²) in [5.74, 6) is 0. The molecule has 0 aliphatic carbocycles. The SMILES string of the molecule is S=C(NCc1ccccc1Cl)c1ccc(Br)cc1. The van der Waals surface area contributed by atoms with Gasteiger partial charge in [-0.25, -0.2) is 0 Å². The molecule has 92 valence electrons. The minimum Gasteiger partial charge on any atom is -0.372 e. The van der Waals surface area contributed by atoms with E-state index < -0.39 is 0 Å². The summed E-state index contributed by atoms with van der Waals surface area (Å²) in [7, 11) is 0. The van der Waals surface area contributed by atoms with E-state index in [1.165, 1.54) is 0 Å². The Morgan fingerprint density at radius 1 is 1.11 bits per heavy atom. The standard InChI is InChI=1S/C14H11BrClNS/c15-12-7-5-10(6-8-12)14(18)17-9-11-3-1-2-4-13(11)16/h1-8H,9H2,(H,17,18). The number of thiocarbonyl (C=S) groups is 1. The molecule has 2 aromatic rings. The van der Waals surface area contributed by atoms with Crippen LogP contribution in [-0.2, 0) is 6.54 Å². The highest BCUT2D eigenvalue weighted by Crippen LogP contribution is 2.15. The topological polar surface area (TPSA) is 12.0 Å². The van der Waals surface area contributed by atoms with Gasteiger partial charge in [0.05, 0.1) is 0 Å². The number of hydrogen-bond donors (Lipinski definition) is 1. The summed E-state index contributed by atoms with van der Waals surface area (Å²) in [6.45, 7) is 0.634. The number of nitrogens with one attached hydrogen (secondary N) is 1. The molecule has 0 atom stereocenters. The van der Waals surface area contributed by atoms with E-state index in [4.69, 9.17) is 23.8 Å². The van der Waals surface area contributed by atoms with Crippen LogP contribution in [0.3, 0.4) is 0 Å². The van der Waals surface area contributed by atoms with Crippen LogP contribution in [0.5, 0.6) is 0 Å². The quantitative estimate of drug-likeness (QED) is 0.822. The zero-order chi connectivity index (χ0) is 13.0. The molecule has 18 heavy (non-hydrogen) atoms. The lowest BCUT2D eigenvalue weighted by Crippen LogP contribution is -2.21. The molecule has 0 radical (unpaired) electrons. The molecule has 1 N–H and O–H groups in total. The van der Waals surface area contributed by atoms with Crippen molar-refractivity contribution in [2.75, 3.05) is 0 Å². The van der Waals surface area contributed by atoms with Crippen LogP contribution < -0.4 is 5.32 Å². The second-order valence-corrected chi connectivity index (χ2v) is 5.51. The second-order valence-electron chi connectivity index (χ2n) is 3.78. The van der Waals surface area contributed by atoms with Crippen LogP contribution in [0, 0.1) is 0 Å². The minimum atomic E-state index is 0.634. The van der Waals surface area contributed by atoms with Gasteiger partial charge in [0.2, 0.25) is 0 Å². The molecule has 0 saturated carbocycles. The van der Waals surface area contributed by atoms with Gasteiger partial charge < -0.3 is 5.32 Å². The summed E-state index contributed by atoms with van der Waals surface area (Å²) in [6.07, 6.45) is 0. The Morgan fingerprint density at radius 2 is 1.78 bits per heavy atom. The monoisotopic (exact) mass is 339 g/mol. The molecule has 2 aromatic carbocycles. The maximum absolute atomic E-state index is 6.09. The van der Waals surface area contributed by atoms with E-state index in [1.54, 1.807) is 0 Å². The van der Waals surface area contributed by atoms with Gasteiger partial charge in [0, 0.05) is 21.6 Å². The van der Waals surface area contributed by atoms with E-state index in [1.807, 2.05) is 48.5 Å². The molecule has 0 aliphatic heterocycles. The van der Waals surface area contributed by atoms with E-state index in [-0.39, 0.29) is 0 Å². The van der Waals surface area contributed by atoms with E-state index in [2.05, 4.69) is 21.2 Å². The fourth-order valence-corrected chi connectivity index (χ4v) is 2.20. The molecule has 0 spiro atoms. The molecule has 2 rings (SSSR count). The number of rotatable bonds is 3. The first-order valence-electron chi connectivity index (χ1n) is 5.44. The van der Waals surface area contributed by atoms with Gasteiger partial charge in [0.15, 0.2) is 0 Å². The number of benzene rings is 2. The third-order valence-electron chi connectivity index (χ3n) is 2.50. The van der Waals surface area contributed by atoms with E-state index in [9.17, 15) is 0 Å². The summed E-state index contributed by atoms with van der Waals surface area (Å²) < 4.78 is 1.04. The molecular weight excluding hydrogens is 330 g/mol. The van der Waals surface area contributed by atoms with Crippen molar-refractivity contribution in [3.63, 3.8) is 0 Å². The molecule has 0 unspecified atom stereocenters. The Morgan fingerprint density at radius 3 is 2.44 bits per heavy atom. The highest BCUT2D eigenvalue weighted by molar-refractivity contribution is 9.10. The summed E-state index contributed by atoms with van der Waals surface area (Å²) in [4.78, 5) is 0.724. The molecule has 4 heteroatoms. The zero-order valence-electron chi connectivity index (χ0n) is 9.49. The van der Waals surface area contributed by atoms with Crippen LogP contribution in [-0.4, -0.2) is 4.99 Å². The van der Waals surface area contributed by atoms with Gasteiger partial charge in [0.25, 0.3) is 0 Å². The zero-order valence-corrected chi connectivity index (χ0v) is 12.6. The van der Waals surface area contributed by atoms with Crippen molar-refractivity contribution >= 4 is 44.7 Å². The second kappa shape index (κ2) is 6.32. The lowest BCUT2D eigenvalue weighted by molar-refractivity contribution is 0.929. The van der Waals surface area contributed by atoms with Crippen molar-refractivity contribution in [1.29, 1.82) is 0 Å². The van der Waals surface area contributed by atoms with Crippen molar-refractivity contribution in [2.45, 2.75) is 6.54 Å². The Kier molecular flexibility index (Phi) is 4.75. The molecule has 0 aliphatic rings. The van der Waals surface area contributed by atoms with Crippen LogP contribution in [0.25, 0.3) is 0 Å². The minimum absolute atomic E-state index is 0.634. The van der Waals surface area contributed by atoms with E-state index in [0.717, 1.165) is 25.6 Å². The maximum atomic E-state index is 6.09. The summed E-state index contributed by atoms with van der Waals surface area (Å²) in [6, 6.07) is 15.6. The average Bonchev–Trinajstić information content (AvgIpc) is 2.38. The highest BCUT2D eigenvalue weighted by Gasteiger charge is 2.02. The fourth-order valence-electron chi connectivity index (χ4n) is 1.52. The average molecular weight is 341 g/mol. The van der Waals surface area contributed by atoms with Gasteiger partial charge >= 0.3 is 0 Å². The van der Waals surface area contributed by atoms with Crippen LogP contribution in [0.15, 0.2) is 53.0 Å².